The Labute approximate surface area is 126 Å². The molecule has 1 N–H and O–H groups in total. The number of anilines is 3. The van der Waals surface area contributed by atoms with Crippen molar-refractivity contribution in [2.24, 2.45) is 0 Å². The summed E-state index contributed by atoms with van der Waals surface area (Å²) in [5.41, 5.74) is 2.62. The monoisotopic (exact) mass is 282 g/mol. The van der Waals surface area contributed by atoms with E-state index < -0.39 is 0 Å². The van der Waals surface area contributed by atoms with Crippen LogP contribution in [0.3, 0.4) is 0 Å². The van der Waals surface area contributed by atoms with Gasteiger partial charge in [-0.2, -0.15) is 0 Å². The maximum Gasteiger partial charge on any atom is 0.138 e. The minimum atomic E-state index is -0.0137. The molecule has 0 saturated carbocycles. The largest absolute Gasteiger partial charge is 0.365 e. The normalized spacial score (nSPS) is 17.7. The molecule has 1 aromatic heterocycles. The topological polar surface area (TPSA) is 41.0 Å². The molecule has 110 valence electrons. The van der Waals surface area contributed by atoms with Crippen LogP contribution in [0.4, 0.5) is 17.3 Å². The van der Waals surface area contributed by atoms with Gasteiger partial charge in [-0.25, -0.2) is 9.97 Å². The van der Waals surface area contributed by atoms with Gasteiger partial charge in [-0.15, -0.1) is 0 Å². The van der Waals surface area contributed by atoms with E-state index in [1.807, 2.05) is 6.07 Å². The minimum Gasteiger partial charge on any atom is -0.365 e. The molecule has 2 heterocycles. The highest BCUT2D eigenvalue weighted by molar-refractivity contribution is 5.70. The molecule has 3 rings (SSSR count). The first kappa shape index (κ1) is 13.9. The van der Waals surface area contributed by atoms with E-state index in [1.165, 1.54) is 11.3 Å². The quantitative estimate of drug-likeness (QED) is 0.910. The van der Waals surface area contributed by atoms with Crippen molar-refractivity contribution in [3.8, 4) is 0 Å². The Balaban J connectivity index is 1.96. The molecule has 0 bridgehead atoms. The number of hydrogen-bond donors (Lipinski definition) is 1. The summed E-state index contributed by atoms with van der Waals surface area (Å²) < 4.78 is 0. The Bertz CT molecular complexity index is 645. The van der Waals surface area contributed by atoms with Gasteiger partial charge in [0.05, 0.1) is 0 Å². The Morgan fingerprint density at radius 1 is 1.19 bits per heavy atom. The van der Waals surface area contributed by atoms with Gasteiger partial charge in [0, 0.05) is 23.3 Å². The summed E-state index contributed by atoms with van der Waals surface area (Å²) in [4.78, 5) is 11.1. The number of nitrogens with zero attached hydrogens (tertiary/aromatic N) is 3. The van der Waals surface area contributed by atoms with E-state index in [9.17, 15) is 0 Å². The maximum atomic E-state index is 4.48. The third kappa shape index (κ3) is 2.84. The number of fused-ring (bicyclic) bond motifs is 1. The third-order valence-corrected chi connectivity index (χ3v) is 3.61. The van der Waals surface area contributed by atoms with E-state index in [-0.39, 0.29) is 5.54 Å². The number of para-hydroxylation sites is 1. The summed E-state index contributed by atoms with van der Waals surface area (Å²) in [6.07, 6.45) is 2.69. The molecule has 0 aliphatic carbocycles. The average Bonchev–Trinajstić information content (AvgIpc) is 2.72. The van der Waals surface area contributed by atoms with Crippen LogP contribution in [-0.4, -0.2) is 21.5 Å². The molecule has 0 radical (unpaired) electrons. The first-order valence-electron chi connectivity index (χ1n) is 7.41. The first-order valence-corrected chi connectivity index (χ1v) is 7.41. The fourth-order valence-corrected chi connectivity index (χ4v) is 2.85. The van der Waals surface area contributed by atoms with Crippen LogP contribution in [0.2, 0.25) is 0 Å². The van der Waals surface area contributed by atoms with Gasteiger partial charge in [-0.05, 0) is 45.7 Å². The lowest BCUT2D eigenvalue weighted by Gasteiger charge is -2.25. The van der Waals surface area contributed by atoms with Crippen LogP contribution in [0.5, 0.6) is 0 Å². The fraction of sp³-hybridized carbons (Fsp3) is 0.412. The predicted octanol–water partition coefficient (Wildman–Crippen LogP) is 3.77. The average molecular weight is 282 g/mol. The number of aromatic nitrogens is 2. The summed E-state index contributed by atoms with van der Waals surface area (Å²) in [7, 11) is 0. The van der Waals surface area contributed by atoms with Gasteiger partial charge in [-0.1, -0.05) is 18.2 Å². The molecule has 0 saturated heterocycles. The summed E-state index contributed by atoms with van der Waals surface area (Å²) in [6.45, 7) is 8.62. The van der Waals surface area contributed by atoms with E-state index >= 15 is 0 Å². The Morgan fingerprint density at radius 3 is 2.71 bits per heavy atom. The lowest BCUT2D eigenvalue weighted by Crippen LogP contribution is -2.28. The van der Waals surface area contributed by atoms with Crippen molar-refractivity contribution in [2.45, 2.75) is 45.7 Å². The fourth-order valence-electron chi connectivity index (χ4n) is 2.85. The smallest absolute Gasteiger partial charge is 0.138 e. The summed E-state index contributed by atoms with van der Waals surface area (Å²) in [6, 6.07) is 11.0. The molecule has 1 unspecified atom stereocenters. The molecule has 1 atom stereocenters. The van der Waals surface area contributed by atoms with Crippen molar-refractivity contribution in [1.82, 2.24) is 9.97 Å². The highest BCUT2D eigenvalue weighted by atomic mass is 15.2. The molecule has 4 nitrogen and oxygen atoms in total. The van der Waals surface area contributed by atoms with Gasteiger partial charge in [0.2, 0.25) is 0 Å². The third-order valence-electron chi connectivity index (χ3n) is 3.61. The number of benzene rings is 1. The molecule has 1 aliphatic heterocycles. The highest BCUT2D eigenvalue weighted by Crippen LogP contribution is 2.37. The molecule has 4 heteroatoms. The number of hydrogen-bond acceptors (Lipinski definition) is 4. The van der Waals surface area contributed by atoms with Crippen molar-refractivity contribution < 1.29 is 0 Å². The molecule has 1 aromatic carbocycles. The van der Waals surface area contributed by atoms with Crippen molar-refractivity contribution in [3.05, 3.63) is 42.2 Å². The van der Waals surface area contributed by atoms with Crippen molar-refractivity contribution in [2.75, 3.05) is 10.2 Å². The summed E-state index contributed by atoms with van der Waals surface area (Å²) in [5.74, 6) is 1.82. The van der Waals surface area contributed by atoms with Crippen LogP contribution >= 0.6 is 0 Å². The zero-order valence-corrected chi connectivity index (χ0v) is 13.1. The zero-order valence-electron chi connectivity index (χ0n) is 13.1. The van der Waals surface area contributed by atoms with Crippen LogP contribution in [0.25, 0.3) is 0 Å². The Kier molecular flexibility index (Phi) is 3.32. The van der Waals surface area contributed by atoms with Gasteiger partial charge in [0.25, 0.3) is 0 Å². The second-order valence-electron chi connectivity index (χ2n) is 6.69. The molecule has 2 aromatic rings. The molecular formula is C17H22N4. The molecular weight excluding hydrogens is 260 g/mol. The van der Waals surface area contributed by atoms with Crippen LogP contribution in [-0.2, 0) is 6.42 Å². The molecule has 0 spiro atoms. The van der Waals surface area contributed by atoms with Crippen molar-refractivity contribution in [3.63, 3.8) is 0 Å². The van der Waals surface area contributed by atoms with Gasteiger partial charge in [-0.3, -0.25) is 0 Å². The Hall–Kier alpha value is -2.10. The minimum absolute atomic E-state index is 0.0137. The van der Waals surface area contributed by atoms with E-state index in [0.29, 0.717) is 6.04 Å². The second kappa shape index (κ2) is 5.02. The van der Waals surface area contributed by atoms with Crippen molar-refractivity contribution >= 4 is 17.3 Å². The summed E-state index contributed by atoms with van der Waals surface area (Å²) >= 11 is 0. The van der Waals surface area contributed by atoms with Crippen LogP contribution < -0.4 is 10.2 Å². The molecule has 1 aliphatic rings. The van der Waals surface area contributed by atoms with Crippen molar-refractivity contribution in [1.29, 1.82) is 0 Å². The van der Waals surface area contributed by atoms with E-state index in [1.54, 1.807) is 6.33 Å². The lowest BCUT2D eigenvalue weighted by atomic mass is 10.1. The molecule has 21 heavy (non-hydrogen) atoms. The standard InChI is InChI=1S/C17H22N4/c1-12-9-13-7-5-6-8-14(13)21(12)16-10-15(18-11-19-16)20-17(2,3)4/h5-8,10-12H,9H2,1-4H3,(H,18,19,20). The van der Waals surface area contributed by atoms with Gasteiger partial charge in [0.1, 0.15) is 18.0 Å². The number of rotatable bonds is 2. The maximum absolute atomic E-state index is 4.48. The zero-order chi connectivity index (χ0) is 15.0. The van der Waals surface area contributed by atoms with Crippen LogP contribution in [0.15, 0.2) is 36.7 Å². The summed E-state index contributed by atoms with van der Waals surface area (Å²) in [5, 5.41) is 3.41. The van der Waals surface area contributed by atoms with Crippen LogP contribution in [0, 0.1) is 0 Å². The highest BCUT2D eigenvalue weighted by Gasteiger charge is 2.28. The van der Waals surface area contributed by atoms with Gasteiger partial charge >= 0.3 is 0 Å². The Morgan fingerprint density at radius 2 is 1.95 bits per heavy atom. The van der Waals surface area contributed by atoms with E-state index in [2.05, 4.69) is 72.1 Å². The van der Waals surface area contributed by atoms with Crippen LogP contribution in [0.1, 0.15) is 33.3 Å². The SMILES string of the molecule is CC1Cc2ccccc2N1c1cc(NC(C)(C)C)ncn1. The second-order valence-corrected chi connectivity index (χ2v) is 6.69. The van der Waals surface area contributed by atoms with E-state index in [4.69, 9.17) is 0 Å². The molecule has 0 fully saturated rings. The van der Waals surface area contributed by atoms with Gasteiger partial charge < -0.3 is 10.2 Å². The first-order chi connectivity index (χ1) is 9.94. The van der Waals surface area contributed by atoms with Gasteiger partial charge in [0.15, 0.2) is 0 Å². The number of nitrogens with one attached hydrogen (secondary N) is 1. The predicted molar refractivity (Wildman–Crippen MR) is 87.2 cm³/mol. The van der Waals surface area contributed by atoms with E-state index in [0.717, 1.165) is 18.1 Å². The molecule has 0 amide bonds. The lowest BCUT2D eigenvalue weighted by molar-refractivity contribution is 0.630.